The molecule has 0 amide bonds. The van der Waals surface area contributed by atoms with Gasteiger partial charge in [0, 0.05) is 5.22 Å². The van der Waals surface area contributed by atoms with E-state index in [0.29, 0.717) is 0 Å². The summed E-state index contributed by atoms with van der Waals surface area (Å²) in [7, 11) is 0. The predicted molar refractivity (Wildman–Crippen MR) is 170 cm³/mol. The van der Waals surface area contributed by atoms with Gasteiger partial charge in [-0.1, -0.05) is 139 Å². The Hall–Kier alpha value is -5.38. The first kappa shape index (κ1) is 22.6. The maximum atomic E-state index is 3.24. The van der Waals surface area contributed by atoms with Crippen molar-refractivity contribution in [1.29, 1.82) is 0 Å². The lowest BCUT2D eigenvalue weighted by Gasteiger charge is -2.18. The van der Waals surface area contributed by atoms with Crippen LogP contribution in [0.15, 0.2) is 151 Å². The highest BCUT2D eigenvalue weighted by Crippen LogP contribution is 2.44. The molecule has 8 rings (SSSR count). The van der Waals surface area contributed by atoms with Crippen LogP contribution in [-0.2, 0) is 0 Å². The molecule has 0 aliphatic heterocycles. The molecule has 0 spiro atoms. The third-order valence-corrected chi connectivity index (χ3v) is 8.09. The molecule has 0 saturated carbocycles. The molecule has 1 aliphatic carbocycles. The van der Waals surface area contributed by atoms with Gasteiger partial charge in [0.1, 0.15) is 0 Å². The van der Waals surface area contributed by atoms with E-state index in [2.05, 4.69) is 151 Å². The molecule has 0 atom stereocenters. The Bertz CT molecular complexity index is 2270. The lowest BCUT2D eigenvalue weighted by Crippen LogP contribution is -2.26. The van der Waals surface area contributed by atoms with E-state index in [1.54, 1.807) is 0 Å². The summed E-state index contributed by atoms with van der Waals surface area (Å²) < 4.78 is 0. The second kappa shape index (κ2) is 9.12. The average molecular weight is 505 g/mol. The van der Waals surface area contributed by atoms with E-state index < -0.39 is 0 Å². The number of hydrogen-bond donors (Lipinski definition) is 0. The summed E-state index contributed by atoms with van der Waals surface area (Å²) in [5, 5.41) is 9.89. The third-order valence-electron chi connectivity index (χ3n) is 8.09. The van der Waals surface area contributed by atoms with E-state index in [9.17, 15) is 0 Å². The molecule has 0 heteroatoms. The van der Waals surface area contributed by atoms with Crippen molar-refractivity contribution >= 4 is 43.6 Å². The number of benzene rings is 7. The van der Waals surface area contributed by atoms with Crippen molar-refractivity contribution in [3.63, 3.8) is 0 Å². The van der Waals surface area contributed by atoms with Gasteiger partial charge in [-0.3, -0.25) is 0 Å². The maximum Gasteiger partial charge on any atom is 0.0327 e. The highest BCUT2D eigenvalue weighted by molar-refractivity contribution is 6.21. The highest BCUT2D eigenvalue weighted by Gasteiger charge is 2.17. The molecule has 0 nitrogen and oxygen atoms in total. The maximum absolute atomic E-state index is 3.24. The van der Waals surface area contributed by atoms with Crippen LogP contribution in [0.4, 0.5) is 0 Å². The number of fused-ring (bicyclic) bond motifs is 4. The van der Waals surface area contributed by atoms with Crippen LogP contribution in [0.3, 0.4) is 0 Å². The van der Waals surface area contributed by atoms with Gasteiger partial charge in [0.05, 0.1) is 0 Å². The molecule has 1 aliphatic rings. The van der Waals surface area contributed by atoms with Crippen molar-refractivity contribution in [3.05, 3.63) is 167 Å². The average Bonchev–Trinajstić information content (AvgIpc) is 3.03. The van der Waals surface area contributed by atoms with Gasteiger partial charge in [0.2, 0.25) is 0 Å². The molecule has 0 aromatic heterocycles. The first-order valence-electron chi connectivity index (χ1n) is 13.7. The molecule has 184 valence electrons. The van der Waals surface area contributed by atoms with Gasteiger partial charge in [-0.2, -0.15) is 0 Å². The van der Waals surface area contributed by atoms with Crippen molar-refractivity contribution in [2.45, 2.75) is 0 Å². The molecule has 0 unspecified atom stereocenters. The first-order valence-corrected chi connectivity index (χ1v) is 13.7. The smallest absolute Gasteiger partial charge is 0.0327 e. The zero-order valence-corrected chi connectivity index (χ0v) is 21.9. The molecule has 0 bridgehead atoms. The van der Waals surface area contributed by atoms with Crippen molar-refractivity contribution in [1.82, 2.24) is 0 Å². The summed E-state index contributed by atoms with van der Waals surface area (Å²) in [4.78, 5) is 0. The van der Waals surface area contributed by atoms with Crippen molar-refractivity contribution in [2.24, 2.45) is 0 Å². The summed E-state index contributed by atoms with van der Waals surface area (Å²) in [6.07, 6.45) is 2.04. The van der Waals surface area contributed by atoms with Crippen LogP contribution in [-0.4, -0.2) is 0 Å². The molecule has 7 aromatic rings. The Labute approximate surface area is 232 Å². The predicted octanol–water partition coefficient (Wildman–Crippen LogP) is 8.78. The van der Waals surface area contributed by atoms with Crippen LogP contribution in [0.5, 0.6) is 0 Å². The lowest BCUT2D eigenvalue weighted by molar-refractivity contribution is 1.47. The van der Waals surface area contributed by atoms with Crippen LogP contribution < -0.4 is 10.4 Å². The van der Waals surface area contributed by atoms with Gasteiger partial charge >= 0.3 is 0 Å². The Morgan fingerprint density at radius 1 is 0.400 bits per heavy atom. The quantitative estimate of drug-likeness (QED) is 0.167. The Morgan fingerprint density at radius 3 is 1.62 bits per heavy atom. The molecule has 0 radical (unpaired) electrons. The SMILES string of the molecule is C1=C=c2ccccc2=C(c2ccc(-c3c4ccccc4c(-c4ccc5ccccc5c4)c4ccccc34)cc2)C=1. The standard InChI is InChI=1S/C40H24/c1-2-12-31-26-32(25-20-27(31)10-1)40-37-17-7-5-15-35(37)39(36-16-6-8-18-38(36)40)30-23-21-29(22-24-30)34-19-9-13-28-11-3-4-14-33(28)34/h1-8,10-12,14-26H. The van der Waals surface area contributed by atoms with Crippen molar-refractivity contribution in [2.75, 3.05) is 0 Å². The second-order valence-corrected chi connectivity index (χ2v) is 10.4. The molecule has 0 N–H and O–H groups in total. The summed E-state index contributed by atoms with van der Waals surface area (Å²) in [5.74, 6) is 0. The highest BCUT2D eigenvalue weighted by atomic mass is 14.2. The summed E-state index contributed by atoms with van der Waals surface area (Å²) in [5.41, 5.74) is 13.9. The number of allylic oxidation sites excluding steroid dienone is 1. The first-order chi connectivity index (χ1) is 19.8. The molecule has 0 heterocycles. The summed E-state index contributed by atoms with van der Waals surface area (Å²) in [6, 6.07) is 50.5. The largest absolute Gasteiger partial charge is 0.0689 e. The van der Waals surface area contributed by atoms with Gasteiger partial charge in [0.25, 0.3) is 0 Å². The van der Waals surface area contributed by atoms with Crippen LogP contribution in [0.25, 0.3) is 65.9 Å². The van der Waals surface area contributed by atoms with Gasteiger partial charge in [-0.15, -0.1) is 0 Å². The normalized spacial score (nSPS) is 12.2. The zero-order valence-electron chi connectivity index (χ0n) is 21.9. The van der Waals surface area contributed by atoms with Gasteiger partial charge < -0.3 is 0 Å². The lowest BCUT2D eigenvalue weighted by atomic mass is 9.85. The number of rotatable bonds is 3. The molecule has 40 heavy (non-hydrogen) atoms. The molecule has 7 aromatic carbocycles. The van der Waals surface area contributed by atoms with Crippen LogP contribution >= 0.6 is 0 Å². The molecule has 0 fully saturated rings. The van der Waals surface area contributed by atoms with Gasteiger partial charge in [0.15, 0.2) is 0 Å². The van der Waals surface area contributed by atoms with E-state index in [0.717, 1.165) is 5.22 Å². The third kappa shape index (κ3) is 3.57. The van der Waals surface area contributed by atoms with Gasteiger partial charge in [-0.25, -0.2) is 0 Å². The summed E-state index contributed by atoms with van der Waals surface area (Å²) >= 11 is 0. The summed E-state index contributed by atoms with van der Waals surface area (Å²) in [6.45, 7) is 0. The van der Waals surface area contributed by atoms with Crippen LogP contribution in [0, 0.1) is 0 Å². The zero-order chi connectivity index (χ0) is 26.5. The van der Waals surface area contributed by atoms with Crippen LogP contribution in [0.1, 0.15) is 5.56 Å². The fourth-order valence-corrected chi connectivity index (χ4v) is 6.24. The van der Waals surface area contributed by atoms with E-state index in [1.807, 2.05) is 6.08 Å². The van der Waals surface area contributed by atoms with Gasteiger partial charge in [-0.05, 0) is 89.1 Å². The van der Waals surface area contributed by atoms with E-state index in [4.69, 9.17) is 0 Å². The fraction of sp³-hybridized carbons (Fsp3) is 0. The second-order valence-electron chi connectivity index (χ2n) is 10.4. The monoisotopic (exact) mass is 504 g/mol. The Kier molecular flexibility index (Phi) is 5.15. The molecular formula is C40H24. The minimum absolute atomic E-state index is 1.09. The van der Waals surface area contributed by atoms with Crippen LogP contribution in [0.2, 0.25) is 0 Å². The Morgan fingerprint density at radius 2 is 0.925 bits per heavy atom. The van der Waals surface area contributed by atoms with E-state index in [-0.39, 0.29) is 0 Å². The Balaban J connectivity index is 1.37. The molecule has 0 saturated heterocycles. The van der Waals surface area contributed by atoms with E-state index >= 15 is 0 Å². The fourth-order valence-electron chi connectivity index (χ4n) is 6.24. The molecular weight excluding hydrogens is 480 g/mol. The minimum atomic E-state index is 1.09. The van der Waals surface area contributed by atoms with Crippen molar-refractivity contribution in [3.8, 4) is 22.3 Å². The van der Waals surface area contributed by atoms with Crippen molar-refractivity contribution < 1.29 is 0 Å². The topological polar surface area (TPSA) is 0 Å². The number of hydrogen-bond acceptors (Lipinski definition) is 0. The minimum Gasteiger partial charge on any atom is -0.0689 e. The van der Waals surface area contributed by atoms with E-state index in [1.165, 1.54) is 70.9 Å².